The molecule has 0 saturated carbocycles. The number of ether oxygens (including phenoxy) is 1. The van der Waals surface area contributed by atoms with Crippen molar-refractivity contribution in [3.63, 3.8) is 0 Å². The van der Waals surface area contributed by atoms with Crippen LogP contribution in [0.5, 0.6) is 5.75 Å². The Hall–Kier alpha value is -3.07. The molecule has 1 fully saturated rings. The third kappa shape index (κ3) is 5.84. The van der Waals surface area contributed by atoms with Crippen LogP contribution in [0.15, 0.2) is 48.5 Å². The van der Waals surface area contributed by atoms with E-state index in [1.807, 2.05) is 30.3 Å². The molecule has 0 radical (unpaired) electrons. The first-order chi connectivity index (χ1) is 15.6. The van der Waals surface area contributed by atoms with Gasteiger partial charge in [0.1, 0.15) is 11.8 Å². The number of likely N-dealkylation sites (tertiary alicyclic amines) is 1. The SMILES string of the molecule is COc1cccc(C(F)(F)F)c1CN1C(=O)CC[C@@H]1C(=O)NC(Cc1ccccc1)C(C)O. The van der Waals surface area contributed by atoms with E-state index in [9.17, 15) is 27.9 Å². The van der Waals surface area contributed by atoms with Gasteiger partial charge in [0.25, 0.3) is 0 Å². The summed E-state index contributed by atoms with van der Waals surface area (Å²) < 4.78 is 45.9. The number of benzene rings is 2. The van der Waals surface area contributed by atoms with Gasteiger partial charge in [0.15, 0.2) is 0 Å². The number of nitrogens with one attached hydrogen (secondary N) is 1. The van der Waals surface area contributed by atoms with Gasteiger partial charge in [-0.3, -0.25) is 9.59 Å². The Morgan fingerprint density at radius 1 is 1.21 bits per heavy atom. The maximum atomic E-state index is 13.6. The van der Waals surface area contributed by atoms with Gasteiger partial charge >= 0.3 is 6.18 Å². The number of amides is 2. The largest absolute Gasteiger partial charge is 0.496 e. The van der Waals surface area contributed by atoms with Crippen molar-refractivity contribution in [2.24, 2.45) is 0 Å². The molecule has 33 heavy (non-hydrogen) atoms. The second-order valence-corrected chi connectivity index (χ2v) is 8.11. The summed E-state index contributed by atoms with van der Waals surface area (Å²) in [6.07, 6.45) is -4.91. The predicted molar refractivity (Wildman–Crippen MR) is 115 cm³/mol. The van der Waals surface area contributed by atoms with E-state index in [0.29, 0.717) is 6.42 Å². The van der Waals surface area contributed by atoms with Gasteiger partial charge in [0, 0.05) is 12.0 Å². The van der Waals surface area contributed by atoms with Crippen LogP contribution in [0.3, 0.4) is 0 Å². The van der Waals surface area contributed by atoms with Crippen LogP contribution in [-0.2, 0) is 28.7 Å². The average molecular weight is 464 g/mol. The summed E-state index contributed by atoms with van der Waals surface area (Å²) in [6.45, 7) is 1.14. The summed E-state index contributed by atoms with van der Waals surface area (Å²) >= 11 is 0. The summed E-state index contributed by atoms with van der Waals surface area (Å²) in [5, 5.41) is 13.0. The molecule has 1 aliphatic rings. The number of halogens is 3. The molecular weight excluding hydrogens is 437 g/mol. The van der Waals surface area contributed by atoms with Gasteiger partial charge in [-0.1, -0.05) is 36.4 Å². The average Bonchev–Trinajstić information content (AvgIpc) is 3.13. The van der Waals surface area contributed by atoms with E-state index in [1.165, 1.54) is 19.2 Å². The molecule has 2 unspecified atom stereocenters. The maximum absolute atomic E-state index is 13.6. The number of hydrogen-bond donors (Lipinski definition) is 2. The summed E-state index contributed by atoms with van der Waals surface area (Å²) in [7, 11) is 1.26. The number of nitrogens with zero attached hydrogens (tertiary/aromatic N) is 1. The lowest BCUT2D eigenvalue weighted by Crippen LogP contribution is -2.51. The van der Waals surface area contributed by atoms with E-state index >= 15 is 0 Å². The normalized spacial score (nSPS) is 18.2. The highest BCUT2D eigenvalue weighted by molar-refractivity contribution is 5.91. The van der Waals surface area contributed by atoms with E-state index in [4.69, 9.17) is 4.74 Å². The fourth-order valence-electron chi connectivity index (χ4n) is 4.05. The molecule has 2 amide bonds. The van der Waals surface area contributed by atoms with Gasteiger partial charge in [-0.05, 0) is 37.5 Å². The Bertz CT molecular complexity index is 979. The summed E-state index contributed by atoms with van der Waals surface area (Å²) in [4.78, 5) is 26.8. The molecule has 9 heteroatoms. The molecule has 0 spiro atoms. The predicted octanol–water partition coefficient (Wildman–Crippen LogP) is 3.31. The Morgan fingerprint density at radius 3 is 2.52 bits per heavy atom. The molecule has 178 valence electrons. The van der Waals surface area contributed by atoms with Gasteiger partial charge in [-0.25, -0.2) is 0 Å². The van der Waals surface area contributed by atoms with Crippen LogP contribution in [-0.4, -0.2) is 47.1 Å². The number of methoxy groups -OCH3 is 1. The van der Waals surface area contributed by atoms with Gasteiger partial charge < -0.3 is 20.1 Å². The highest BCUT2D eigenvalue weighted by atomic mass is 19.4. The third-order valence-electron chi connectivity index (χ3n) is 5.83. The molecule has 1 saturated heterocycles. The maximum Gasteiger partial charge on any atom is 0.416 e. The van der Waals surface area contributed by atoms with Crippen LogP contribution in [0.4, 0.5) is 13.2 Å². The number of carbonyl (C=O) groups is 2. The summed E-state index contributed by atoms with van der Waals surface area (Å²) in [5.74, 6) is -0.924. The molecular formula is C24H27F3N2O4. The van der Waals surface area contributed by atoms with Crippen molar-refractivity contribution in [3.05, 3.63) is 65.2 Å². The van der Waals surface area contributed by atoms with Crippen LogP contribution in [0.1, 0.15) is 36.5 Å². The van der Waals surface area contributed by atoms with E-state index in [-0.39, 0.29) is 24.2 Å². The minimum absolute atomic E-state index is 0.00498. The lowest BCUT2D eigenvalue weighted by atomic mass is 10.0. The zero-order chi connectivity index (χ0) is 24.2. The lowest BCUT2D eigenvalue weighted by Gasteiger charge is -2.29. The molecule has 2 N–H and O–H groups in total. The topological polar surface area (TPSA) is 78.9 Å². The van der Waals surface area contributed by atoms with Crippen LogP contribution in [0.2, 0.25) is 0 Å². The van der Waals surface area contributed by atoms with Crippen molar-refractivity contribution in [3.8, 4) is 5.75 Å². The second kappa shape index (κ2) is 10.2. The van der Waals surface area contributed by atoms with Gasteiger partial charge in [-0.15, -0.1) is 0 Å². The number of alkyl halides is 3. The Labute approximate surface area is 190 Å². The highest BCUT2D eigenvalue weighted by Gasteiger charge is 2.40. The fourth-order valence-corrected chi connectivity index (χ4v) is 4.05. The lowest BCUT2D eigenvalue weighted by molar-refractivity contribution is -0.140. The van der Waals surface area contributed by atoms with Crippen molar-refractivity contribution in [2.75, 3.05) is 7.11 Å². The number of hydrogen-bond acceptors (Lipinski definition) is 4. The van der Waals surface area contributed by atoms with Crippen LogP contribution < -0.4 is 10.1 Å². The standard InChI is InChI=1S/C24H27F3N2O4/c1-15(30)19(13-16-7-4-3-5-8-16)28-23(32)20-11-12-22(31)29(20)14-17-18(24(25,26)27)9-6-10-21(17)33-2/h3-10,15,19-20,30H,11-14H2,1-2H3,(H,28,32)/t15?,19?,20-/m1/s1. The number of aliphatic hydroxyl groups is 1. The van der Waals surface area contributed by atoms with E-state index < -0.39 is 48.3 Å². The fraction of sp³-hybridized carbons (Fsp3) is 0.417. The van der Waals surface area contributed by atoms with Crippen molar-refractivity contribution in [2.45, 2.75) is 57.1 Å². The summed E-state index contributed by atoms with van der Waals surface area (Å²) in [6, 6.07) is 11.3. The smallest absolute Gasteiger partial charge is 0.416 e. The van der Waals surface area contributed by atoms with Gasteiger partial charge in [0.2, 0.25) is 11.8 Å². The second-order valence-electron chi connectivity index (χ2n) is 8.11. The molecule has 6 nitrogen and oxygen atoms in total. The first-order valence-electron chi connectivity index (χ1n) is 10.7. The van der Waals surface area contributed by atoms with Crippen LogP contribution in [0.25, 0.3) is 0 Å². The van der Waals surface area contributed by atoms with E-state index in [0.717, 1.165) is 16.5 Å². The van der Waals surface area contributed by atoms with Crippen molar-refractivity contribution in [1.29, 1.82) is 0 Å². The molecule has 2 aromatic rings. The first-order valence-corrected chi connectivity index (χ1v) is 10.7. The molecule has 3 atom stereocenters. The molecule has 1 aliphatic heterocycles. The van der Waals surface area contributed by atoms with E-state index in [1.54, 1.807) is 6.92 Å². The first kappa shape index (κ1) is 24.6. The highest BCUT2D eigenvalue weighted by Crippen LogP contribution is 2.37. The quantitative estimate of drug-likeness (QED) is 0.628. The van der Waals surface area contributed by atoms with Crippen molar-refractivity contribution >= 4 is 11.8 Å². The minimum atomic E-state index is -4.64. The zero-order valence-corrected chi connectivity index (χ0v) is 18.4. The molecule has 1 heterocycles. The monoisotopic (exact) mass is 464 g/mol. The molecule has 0 bridgehead atoms. The zero-order valence-electron chi connectivity index (χ0n) is 18.4. The third-order valence-corrected chi connectivity index (χ3v) is 5.83. The van der Waals surface area contributed by atoms with Gasteiger partial charge in [0.05, 0.1) is 31.4 Å². The number of rotatable bonds is 8. The number of carbonyl (C=O) groups excluding carboxylic acids is 2. The molecule has 0 aliphatic carbocycles. The number of aliphatic hydroxyl groups excluding tert-OH is 1. The van der Waals surface area contributed by atoms with Crippen LogP contribution >= 0.6 is 0 Å². The van der Waals surface area contributed by atoms with Gasteiger partial charge in [-0.2, -0.15) is 13.2 Å². The Balaban J connectivity index is 1.82. The van der Waals surface area contributed by atoms with Crippen molar-refractivity contribution < 1.29 is 32.6 Å². The molecule has 2 aromatic carbocycles. The molecule has 0 aromatic heterocycles. The van der Waals surface area contributed by atoms with Crippen LogP contribution in [0, 0.1) is 0 Å². The Morgan fingerprint density at radius 2 is 1.91 bits per heavy atom. The van der Waals surface area contributed by atoms with Crippen molar-refractivity contribution in [1.82, 2.24) is 10.2 Å². The Kier molecular flexibility index (Phi) is 7.63. The summed E-state index contributed by atoms with van der Waals surface area (Å²) in [5.41, 5.74) is -0.199. The minimum Gasteiger partial charge on any atom is -0.496 e. The van der Waals surface area contributed by atoms with E-state index in [2.05, 4.69) is 5.32 Å². The molecule has 3 rings (SSSR count).